The highest BCUT2D eigenvalue weighted by Crippen LogP contribution is 2.22. The zero-order valence-corrected chi connectivity index (χ0v) is 52.1. The number of nitrogens with zero attached hydrogens (tertiary/aromatic N) is 4. The number of nitrogens with two attached hydrogens (primary N) is 1. The van der Waals surface area contributed by atoms with E-state index in [4.69, 9.17) is 19.9 Å². The highest BCUT2D eigenvalue weighted by atomic mass is 16.6. The Labute approximate surface area is 476 Å². The van der Waals surface area contributed by atoms with Crippen LogP contribution in [0.3, 0.4) is 0 Å². The molecule has 0 heterocycles. The number of rotatable bonds is 34. The van der Waals surface area contributed by atoms with Crippen molar-refractivity contribution in [2.75, 3.05) is 28.2 Å². The lowest BCUT2D eigenvalue weighted by Crippen LogP contribution is -2.62. The molecule has 0 fully saturated rings. The zero-order valence-electron chi connectivity index (χ0n) is 52.1. The summed E-state index contributed by atoms with van der Waals surface area (Å²) in [5, 5.41) is 18.8. The van der Waals surface area contributed by atoms with E-state index in [0.717, 1.165) is 9.80 Å². The van der Waals surface area contributed by atoms with E-state index in [1.54, 1.807) is 55.4 Å². The summed E-state index contributed by atoms with van der Waals surface area (Å²) >= 11 is 0. The number of carbonyl (C=O) groups excluding carboxylic acids is 11. The van der Waals surface area contributed by atoms with Gasteiger partial charge in [-0.1, -0.05) is 110 Å². The molecule has 0 radical (unpaired) electrons. The van der Waals surface area contributed by atoms with Gasteiger partial charge in [0.15, 0.2) is 18.4 Å². The zero-order chi connectivity index (χ0) is 62.5. The highest BCUT2D eigenvalue weighted by molar-refractivity contribution is 5.97. The van der Waals surface area contributed by atoms with Crippen LogP contribution in [0.4, 0.5) is 0 Å². The van der Waals surface area contributed by atoms with Crippen LogP contribution in [0.2, 0.25) is 0 Å². The molecule has 0 aromatic rings. The number of esters is 3. The monoisotopic (exact) mass is 1140 g/mol. The SMILES string of the molecule is CCC(C)C(C(=O)NC(C(=O)O[C@H](C(=O)O[C@H](C=O)CC(C)C)C(C)C)C(C)OC(=O)[C@H](CC(C)C)N(C)C(=O)[C@H](C)NC(=O)[C@H](C(C)C)N(C)C(=O)[C@@H](NC(=O)[C@H](CC(C)C)N(C)C(=O)[C@@H](N)[C@@H](C)CC)[C@@H](C)O)N(C)C(C)=O. The predicted octanol–water partition coefficient (Wildman–Crippen LogP) is 2.99. The van der Waals surface area contributed by atoms with Gasteiger partial charge in [-0.05, 0) is 75.5 Å². The summed E-state index contributed by atoms with van der Waals surface area (Å²) in [6.07, 6.45) is -3.78. The number of carbonyl (C=O) groups is 11. The van der Waals surface area contributed by atoms with Crippen molar-refractivity contribution in [2.45, 2.75) is 229 Å². The lowest BCUT2D eigenvalue weighted by atomic mass is 9.96. The molecule has 0 rings (SSSR count). The van der Waals surface area contributed by atoms with Crippen LogP contribution >= 0.6 is 0 Å². The summed E-state index contributed by atoms with van der Waals surface area (Å²) in [6, 6.07) is -10.4. The van der Waals surface area contributed by atoms with Crippen LogP contribution in [0.15, 0.2) is 0 Å². The number of likely N-dealkylation sites (N-methyl/N-ethyl adjacent to an activating group) is 4. The molecule has 0 aliphatic rings. The first-order valence-electron chi connectivity index (χ1n) is 28.3. The van der Waals surface area contributed by atoms with Gasteiger partial charge in [0.1, 0.15) is 42.4 Å². The molecule has 80 heavy (non-hydrogen) atoms. The quantitative estimate of drug-likeness (QED) is 0.0351. The molecular weight excluding hydrogens is 1040 g/mol. The molecule has 0 aromatic heterocycles. The summed E-state index contributed by atoms with van der Waals surface area (Å²) in [6.45, 7) is 29.9. The second kappa shape index (κ2) is 34.5. The largest absolute Gasteiger partial charge is 0.458 e. The van der Waals surface area contributed by atoms with Crippen LogP contribution in [-0.2, 0) is 67.0 Å². The molecule has 23 heteroatoms. The lowest BCUT2D eigenvalue weighted by Gasteiger charge is -2.36. The predicted molar refractivity (Wildman–Crippen MR) is 301 cm³/mol. The van der Waals surface area contributed by atoms with Crippen molar-refractivity contribution >= 4 is 65.5 Å². The maximum absolute atomic E-state index is 14.4. The van der Waals surface area contributed by atoms with Crippen LogP contribution in [0.1, 0.15) is 157 Å². The fourth-order valence-corrected chi connectivity index (χ4v) is 9.01. The fraction of sp³-hybridized carbons (Fsp3) is 0.807. The van der Waals surface area contributed by atoms with E-state index in [1.807, 2.05) is 41.5 Å². The molecule has 0 aliphatic carbocycles. The Morgan fingerprint density at radius 3 is 1.43 bits per heavy atom. The first-order chi connectivity index (χ1) is 36.8. The van der Waals surface area contributed by atoms with Gasteiger partial charge in [-0.3, -0.25) is 38.4 Å². The van der Waals surface area contributed by atoms with Crippen LogP contribution in [-0.4, -0.2) is 191 Å². The minimum atomic E-state index is -1.80. The fourth-order valence-electron chi connectivity index (χ4n) is 9.01. The third kappa shape index (κ3) is 22.3. The van der Waals surface area contributed by atoms with Crippen molar-refractivity contribution < 1.29 is 72.1 Å². The van der Waals surface area contributed by atoms with E-state index in [-0.39, 0.29) is 42.9 Å². The summed E-state index contributed by atoms with van der Waals surface area (Å²) in [7, 11) is 5.52. The number of hydrogen-bond donors (Lipinski definition) is 5. The maximum atomic E-state index is 14.4. The lowest BCUT2D eigenvalue weighted by molar-refractivity contribution is -0.180. The van der Waals surface area contributed by atoms with Gasteiger partial charge in [0.05, 0.1) is 12.1 Å². The Morgan fingerprint density at radius 2 is 0.988 bits per heavy atom. The Morgan fingerprint density at radius 1 is 0.512 bits per heavy atom. The minimum absolute atomic E-state index is 0.00984. The van der Waals surface area contributed by atoms with Crippen LogP contribution in [0, 0.1) is 41.4 Å². The van der Waals surface area contributed by atoms with Gasteiger partial charge < -0.3 is 60.6 Å². The summed E-state index contributed by atoms with van der Waals surface area (Å²) < 4.78 is 17.1. The first kappa shape index (κ1) is 74.3. The van der Waals surface area contributed by atoms with Gasteiger partial charge in [0.2, 0.25) is 47.5 Å². The van der Waals surface area contributed by atoms with Gasteiger partial charge in [-0.25, -0.2) is 14.4 Å². The smallest absolute Gasteiger partial charge is 0.348 e. The molecule has 0 saturated carbocycles. The highest BCUT2D eigenvalue weighted by Gasteiger charge is 2.43. The molecule has 0 bridgehead atoms. The molecule has 0 spiro atoms. The topological polar surface area (TPSA) is 311 Å². The van der Waals surface area contributed by atoms with Crippen molar-refractivity contribution in [2.24, 2.45) is 47.2 Å². The van der Waals surface area contributed by atoms with E-state index < -0.39 is 150 Å². The minimum Gasteiger partial charge on any atom is -0.458 e. The average Bonchev–Trinajstić information content (AvgIpc) is 3.36. The van der Waals surface area contributed by atoms with Crippen molar-refractivity contribution in [3.8, 4) is 0 Å². The number of aliphatic hydroxyl groups excluding tert-OH is 1. The van der Waals surface area contributed by atoms with Crippen molar-refractivity contribution in [3.63, 3.8) is 0 Å². The molecule has 23 nitrogen and oxygen atoms in total. The third-order valence-corrected chi connectivity index (χ3v) is 14.5. The van der Waals surface area contributed by atoms with Gasteiger partial charge >= 0.3 is 17.9 Å². The van der Waals surface area contributed by atoms with E-state index in [0.29, 0.717) is 19.1 Å². The second-order valence-electron chi connectivity index (χ2n) is 23.6. The van der Waals surface area contributed by atoms with Crippen LogP contribution in [0.5, 0.6) is 0 Å². The number of amides is 7. The van der Waals surface area contributed by atoms with Gasteiger partial charge in [0.25, 0.3) is 0 Å². The Hall–Kier alpha value is -5.71. The Balaban J connectivity index is 7.01. The van der Waals surface area contributed by atoms with Crippen LogP contribution < -0.4 is 21.7 Å². The summed E-state index contributed by atoms with van der Waals surface area (Å²) in [4.78, 5) is 156. The number of nitrogens with one attached hydrogen (secondary N) is 3. The normalized spacial score (nSPS) is 16.9. The molecular formula is C57H102N8O15. The molecule has 460 valence electrons. The van der Waals surface area contributed by atoms with Crippen molar-refractivity contribution in [3.05, 3.63) is 0 Å². The number of hydrogen-bond acceptors (Lipinski definition) is 16. The Bertz CT molecular complexity index is 2080. The molecule has 14 atom stereocenters. The molecule has 7 amide bonds. The van der Waals surface area contributed by atoms with Crippen molar-refractivity contribution in [1.29, 1.82) is 0 Å². The number of aldehydes is 1. The second-order valence-corrected chi connectivity index (χ2v) is 23.6. The molecule has 0 saturated heterocycles. The van der Waals surface area contributed by atoms with Crippen molar-refractivity contribution in [1.82, 2.24) is 35.6 Å². The van der Waals surface area contributed by atoms with E-state index in [9.17, 15) is 57.8 Å². The van der Waals surface area contributed by atoms with E-state index >= 15 is 0 Å². The molecule has 6 N–H and O–H groups in total. The summed E-state index contributed by atoms with van der Waals surface area (Å²) in [5.74, 6) is -10.3. The average molecular weight is 1140 g/mol. The number of ether oxygens (including phenoxy) is 3. The molecule has 0 aliphatic heterocycles. The van der Waals surface area contributed by atoms with Gasteiger partial charge in [-0.2, -0.15) is 0 Å². The van der Waals surface area contributed by atoms with Gasteiger partial charge in [-0.15, -0.1) is 0 Å². The first-order valence-corrected chi connectivity index (χ1v) is 28.3. The Kier molecular flexibility index (Phi) is 32.1. The molecule has 0 aromatic carbocycles. The van der Waals surface area contributed by atoms with E-state index in [1.165, 1.54) is 65.7 Å². The third-order valence-electron chi connectivity index (χ3n) is 14.5. The van der Waals surface area contributed by atoms with Crippen LogP contribution in [0.25, 0.3) is 0 Å². The molecule has 4 unspecified atom stereocenters. The van der Waals surface area contributed by atoms with Gasteiger partial charge in [0, 0.05) is 41.0 Å². The maximum Gasteiger partial charge on any atom is 0.348 e. The summed E-state index contributed by atoms with van der Waals surface area (Å²) in [5.41, 5.74) is 6.25. The number of aliphatic hydroxyl groups is 1. The standard InChI is InChI=1S/C57H102N8O15/c1-23-34(13)43(58)53(73)63(20)41(26-30(5)6)49(69)60-44(37(16)67)54(74)65(22)46(32(9)10)50(70)59-36(15)52(72)64(21)42(27-31(7)8)55(75)78-38(17)45(61-51(71)47(35(14)24-2)62(19)39(18)68)56(76)80-48(33(11)12)57(77)79-40(28-66)25-29(3)4/h28-38,40-48,67H,23-27,58H2,1-22H3,(H,59,70)(H,60,69)(H,61,71)/t34-,35?,36-,37+,38?,40-,41-,42-,43-,44-,45?,46-,47?,48-/m0/s1. The van der Waals surface area contributed by atoms with E-state index in [2.05, 4.69) is 16.0 Å².